The maximum absolute atomic E-state index is 11.7. The lowest BCUT2D eigenvalue weighted by Crippen LogP contribution is -2.24. The molecular formula is C16H26ClNO2S. The van der Waals surface area contributed by atoms with Gasteiger partial charge in [0, 0.05) is 12.3 Å². The Bertz CT molecular complexity index is 558. The van der Waals surface area contributed by atoms with E-state index in [1.165, 1.54) is 6.26 Å². The summed E-state index contributed by atoms with van der Waals surface area (Å²) >= 11 is 6.21. The van der Waals surface area contributed by atoms with Crippen LogP contribution in [-0.2, 0) is 9.84 Å². The number of nitrogens with one attached hydrogen (secondary N) is 1. The maximum atomic E-state index is 11.7. The second kappa shape index (κ2) is 7.50. The summed E-state index contributed by atoms with van der Waals surface area (Å²) in [6, 6.07) is 5.10. The van der Waals surface area contributed by atoms with Crippen molar-refractivity contribution >= 4 is 27.1 Å². The van der Waals surface area contributed by atoms with Gasteiger partial charge in [-0.05, 0) is 42.9 Å². The van der Waals surface area contributed by atoms with Crippen LogP contribution in [0.2, 0.25) is 5.02 Å². The third-order valence-electron chi connectivity index (χ3n) is 3.24. The molecule has 0 aliphatic carbocycles. The van der Waals surface area contributed by atoms with Gasteiger partial charge in [-0.25, -0.2) is 8.42 Å². The highest BCUT2D eigenvalue weighted by Gasteiger charge is 2.16. The van der Waals surface area contributed by atoms with Crippen LogP contribution in [0.3, 0.4) is 0 Å². The van der Waals surface area contributed by atoms with E-state index in [9.17, 15) is 8.42 Å². The van der Waals surface area contributed by atoms with Crippen molar-refractivity contribution in [3.05, 3.63) is 23.2 Å². The first-order valence-corrected chi connectivity index (χ1v) is 9.62. The summed E-state index contributed by atoms with van der Waals surface area (Å²) < 4.78 is 23.3. The first-order valence-electron chi connectivity index (χ1n) is 7.35. The van der Waals surface area contributed by atoms with Crippen LogP contribution < -0.4 is 5.32 Å². The minimum Gasteiger partial charge on any atom is -0.381 e. The Morgan fingerprint density at radius 2 is 1.62 bits per heavy atom. The summed E-state index contributed by atoms with van der Waals surface area (Å²) in [4.78, 5) is 0.294. The molecule has 21 heavy (non-hydrogen) atoms. The van der Waals surface area contributed by atoms with Crippen molar-refractivity contribution in [3.8, 4) is 0 Å². The maximum Gasteiger partial charge on any atom is 0.175 e. The number of halogens is 1. The topological polar surface area (TPSA) is 46.2 Å². The van der Waals surface area contributed by atoms with Crippen molar-refractivity contribution in [2.45, 2.75) is 51.5 Å². The van der Waals surface area contributed by atoms with E-state index < -0.39 is 9.84 Å². The highest BCUT2D eigenvalue weighted by atomic mass is 35.5. The molecule has 0 aromatic heterocycles. The van der Waals surface area contributed by atoms with Crippen LogP contribution in [0.5, 0.6) is 0 Å². The van der Waals surface area contributed by atoms with Crippen molar-refractivity contribution in [2.75, 3.05) is 11.6 Å². The number of hydrogen-bond donors (Lipinski definition) is 1. The molecule has 0 saturated carbocycles. The molecule has 0 spiro atoms. The van der Waals surface area contributed by atoms with Gasteiger partial charge in [-0.2, -0.15) is 0 Å². The van der Waals surface area contributed by atoms with E-state index in [1.54, 1.807) is 18.2 Å². The number of hydrogen-bond acceptors (Lipinski definition) is 3. The average Bonchev–Trinajstić information content (AvgIpc) is 2.28. The molecule has 0 atom stereocenters. The van der Waals surface area contributed by atoms with Crippen LogP contribution in [0, 0.1) is 11.8 Å². The molecule has 120 valence electrons. The van der Waals surface area contributed by atoms with Crippen molar-refractivity contribution < 1.29 is 8.42 Å². The summed E-state index contributed by atoms with van der Waals surface area (Å²) in [5.41, 5.74) is 0.700. The fraction of sp³-hybridized carbons (Fsp3) is 0.625. The standard InChI is InChI=1S/C16H26ClNO2S/c1-11(2)8-13(9-12(3)4)18-16-10-14(21(5,19)20)6-7-15(16)17/h6-7,10-13,18H,8-9H2,1-5H3. The predicted octanol–water partition coefficient (Wildman–Crippen LogP) is 4.62. The van der Waals surface area contributed by atoms with Gasteiger partial charge in [0.2, 0.25) is 0 Å². The molecule has 0 fully saturated rings. The van der Waals surface area contributed by atoms with Gasteiger partial charge in [0.05, 0.1) is 15.6 Å². The van der Waals surface area contributed by atoms with E-state index in [-0.39, 0.29) is 6.04 Å². The summed E-state index contributed by atoms with van der Waals surface area (Å²) in [5.74, 6) is 1.14. The second-order valence-corrected chi connectivity index (χ2v) is 8.94. The minimum atomic E-state index is -3.22. The van der Waals surface area contributed by atoms with Gasteiger partial charge < -0.3 is 5.32 Å². The number of benzene rings is 1. The Balaban J connectivity index is 3.02. The smallest absolute Gasteiger partial charge is 0.175 e. The number of sulfone groups is 1. The zero-order valence-corrected chi connectivity index (χ0v) is 15.1. The van der Waals surface area contributed by atoms with E-state index in [4.69, 9.17) is 11.6 Å². The van der Waals surface area contributed by atoms with Gasteiger partial charge in [-0.3, -0.25) is 0 Å². The minimum absolute atomic E-state index is 0.289. The Morgan fingerprint density at radius 1 is 1.10 bits per heavy atom. The fourth-order valence-corrected chi connectivity index (χ4v) is 3.24. The fourth-order valence-electron chi connectivity index (χ4n) is 2.42. The van der Waals surface area contributed by atoms with Crippen LogP contribution in [0.15, 0.2) is 23.1 Å². The monoisotopic (exact) mass is 331 g/mol. The van der Waals surface area contributed by atoms with E-state index >= 15 is 0 Å². The molecule has 0 bridgehead atoms. The summed E-state index contributed by atoms with van der Waals surface area (Å²) in [7, 11) is -3.22. The zero-order valence-electron chi connectivity index (χ0n) is 13.5. The quantitative estimate of drug-likeness (QED) is 0.793. The predicted molar refractivity (Wildman–Crippen MR) is 90.9 cm³/mol. The lowest BCUT2D eigenvalue weighted by atomic mass is 9.95. The molecule has 0 unspecified atom stereocenters. The van der Waals surface area contributed by atoms with Gasteiger partial charge in [0.1, 0.15) is 0 Å². The lowest BCUT2D eigenvalue weighted by Gasteiger charge is -2.24. The molecule has 1 N–H and O–H groups in total. The molecule has 1 aromatic rings. The molecule has 0 aliphatic rings. The van der Waals surface area contributed by atoms with Crippen molar-refractivity contribution in [3.63, 3.8) is 0 Å². The highest BCUT2D eigenvalue weighted by molar-refractivity contribution is 7.90. The van der Waals surface area contributed by atoms with Crippen LogP contribution in [0.1, 0.15) is 40.5 Å². The highest BCUT2D eigenvalue weighted by Crippen LogP contribution is 2.28. The van der Waals surface area contributed by atoms with Gasteiger partial charge >= 0.3 is 0 Å². The van der Waals surface area contributed by atoms with Crippen LogP contribution >= 0.6 is 11.6 Å². The van der Waals surface area contributed by atoms with Crippen LogP contribution in [0.4, 0.5) is 5.69 Å². The first kappa shape index (κ1) is 18.3. The normalized spacial score (nSPS) is 12.4. The Hall–Kier alpha value is -0.740. The van der Waals surface area contributed by atoms with Crippen molar-refractivity contribution in [1.82, 2.24) is 0 Å². The molecule has 1 aromatic carbocycles. The Morgan fingerprint density at radius 3 is 2.05 bits per heavy atom. The van der Waals surface area contributed by atoms with Gasteiger partial charge in [0.15, 0.2) is 9.84 Å². The molecule has 0 heterocycles. The van der Waals surface area contributed by atoms with E-state index in [0.717, 1.165) is 12.8 Å². The van der Waals surface area contributed by atoms with Crippen LogP contribution in [-0.4, -0.2) is 20.7 Å². The van der Waals surface area contributed by atoms with Crippen molar-refractivity contribution in [2.24, 2.45) is 11.8 Å². The Kier molecular flexibility index (Phi) is 6.54. The molecule has 0 radical (unpaired) electrons. The lowest BCUT2D eigenvalue weighted by molar-refractivity contribution is 0.442. The van der Waals surface area contributed by atoms with E-state index in [0.29, 0.717) is 27.4 Å². The van der Waals surface area contributed by atoms with Gasteiger partial charge in [-0.15, -0.1) is 0 Å². The average molecular weight is 332 g/mol. The van der Waals surface area contributed by atoms with Gasteiger partial charge in [0.25, 0.3) is 0 Å². The largest absolute Gasteiger partial charge is 0.381 e. The van der Waals surface area contributed by atoms with Crippen molar-refractivity contribution in [1.29, 1.82) is 0 Å². The first-order chi connectivity index (χ1) is 9.59. The van der Waals surface area contributed by atoms with E-state index in [2.05, 4.69) is 33.0 Å². The zero-order chi connectivity index (χ0) is 16.2. The molecule has 0 amide bonds. The Labute approximate surface area is 134 Å². The summed E-state index contributed by atoms with van der Waals surface area (Å²) in [6.07, 6.45) is 3.26. The van der Waals surface area contributed by atoms with Crippen LogP contribution in [0.25, 0.3) is 0 Å². The van der Waals surface area contributed by atoms with Gasteiger partial charge in [-0.1, -0.05) is 39.3 Å². The molecule has 3 nitrogen and oxygen atoms in total. The molecule has 0 saturated heterocycles. The molecular weight excluding hydrogens is 306 g/mol. The number of anilines is 1. The third-order valence-corrected chi connectivity index (χ3v) is 4.68. The molecule has 0 aliphatic heterocycles. The SMILES string of the molecule is CC(C)CC(CC(C)C)Nc1cc(S(C)(=O)=O)ccc1Cl. The molecule has 1 rings (SSSR count). The summed E-state index contributed by atoms with van der Waals surface area (Å²) in [5, 5.41) is 3.98. The third kappa shape index (κ3) is 6.27. The molecule has 5 heteroatoms. The van der Waals surface area contributed by atoms with E-state index in [1.807, 2.05) is 0 Å². The summed E-state index contributed by atoms with van der Waals surface area (Å²) in [6.45, 7) is 8.74. The number of rotatable bonds is 7. The second-order valence-electron chi connectivity index (χ2n) is 6.51.